The third-order valence-electron chi connectivity index (χ3n) is 6.44. The average molecular weight is 392 g/mol. The Morgan fingerprint density at radius 1 is 1.07 bits per heavy atom. The van der Waals surface area contributed by atoms with Gasteiger partial charge in [-0.3, -0.25) is 0 Å². The van der Waals surface area contributed by atoms with Gasteiger partial charge >= 0.3 is 0 Å². The lowest BCUT2D eigenvalue weighted by Crippen LogP contribution is -2.36. The lowest BCUT2D eigenvalue weighted by Gasteiger charge is -2.34. The van der Waals surface area contributed by atoms with E-state index in [0.717, 1.165) is 67.7 Å². The maximum absolute atomic E-state index is 6.49. The standard InChI is InChI=1S/C25H29NO3/c1-2-3-13-27-23-10-9-20(22-17-25(29-26-22)11-6-12-25)16-24(23)28-21-14-18-7-4-5-8-19(18)15-21/h4-5,7-10,16,21H,2-3,6,11-15,17H2,1H3. The van der Waals surface area contributed by atoms with Crippen LogP contribution in [0.2, 0.25) is 0 Å². The van der Waals surface area contributed by atoms with Crippen molar-refractivity contribution in [3.05, 3.63) is 59.2 Å². The molecular formula is C25H29NO3. The first-order valence-electron chi connectivity index (χ1n) is 11.0. The molecule has 2 aromatic rings. The highest BCUT2D eigenvalue weighted by molar-refractivity contribution is 6.02. The largest absolute Gasteiger partial charge is 0.490 e. The second-order valence-corrected chi connectivity index (χ2v) is 8.62. The molecule has 4 nitrogen and oxygen atoms in total. The van der Waals surface area contributed by atoms with Gasteiger partial charge in [-0.25, -0.2) is 0 Å². The molecule has 1 spiro atoms. The van der Waals surface area contributed by atoms with E-state index in [1.165, 1.54) is 17.5 Å². The number of rotatable bonds is 7. The highest BCUT2D eigenvalue weighted by Crippen LogP contribution is 2.44. The lowest BCUT2D eigenvalue weighted by atomic mass is 9.76. The van der Waals surface area contributed by atoms with Crippen molar-refractivity contribution >= 4 is 5.71 Å². The summed E-state index contributed by atoms with van der Waals surface area (Å²) in [5.41, 5.74) is 4.87. The van der Waals surface area contributed by atoms with Crippen molar-refractivity contribution in [1.29, 1.82) is 0 Å². The first kappa shape index (κ1) is 18.5. The quantitative estimate of drug-likeness (QED) is 0.589. The topological polar surface area (TPSA) is 40.0 Å². The van der Waals surface area contributed by atoms with E-state index in [9.17, 15) is 0 Å². The fourth-order valence-electron chi connectivity index (χ4n) is 4.52. The Morgan fingerprint density at radius 2 is 1.86 bits per heavy atom. The van der Waals surface area contributed by atoms with Crippen LogP contribution < -0.4 is 9.47 Å². The monoisotopic (exact) mass is 391 g/mol. The highest BCUT2D eigenvalue weighted by atomic mass is 16.7. The minimum absolute atomic E-state index is 0.0280. The molecule has 0 amide bonds. The predicted octanol–water partition coefficient (Wildman–Crippen LogP) is 5.46. The maximum atomic E-state index is 6.49. The van der Waals surface area contributed by atoms with Crippen LogP contribution in [0.5, 0.6) is 11.5 Å². The first-order valence-corrected chi connectivity index (χ1v) is 11.0. The van der Waals surface area contributed by atoms with Crippen molar-refractivity contribution < 1.29 is 14.3 Å². The van der Waals surface area contributed by atoms with Gasteiger partial charge in [0.25, 0.3) is 0 Å². The van der Waals surface area contributed by atoms with Crippen LogP contribution in [-0.4, -0.2) is 24.0 Å². The van der Waals surface area contributed by atoms with Crippen LogP contribution in [0.3, 0.4) is 0 Å². The second kappa shape index (κ2) is 7.74. The van der Waals surface area contributed by atoms with Crippen molar-refractivity contribution in [3.8, 4) is 11.5 Å². The number of unbranched alkanes of at least 4 members (excludes halogenated alkanes) is 1. The van der Waals surface area contributed by atoms with Crippen molar-refractivity contribution in [3.63, 3.8) is 0 Å². The van der Waals surface area contributed by atoms with Crippen LogP contribution in [0.15, 0.2) is 47.6 Å². The van der Waals surface area contributed by atoms with Gasteiger partial charge in [-0.05, 0) is 55.0 Å². The van der Waals surface area contributed by atoms with Gasteiger partial charge in [-0.15, -0.1) is 0 Å². The fraction of sp³-hybridized carbons (Fsp3) is 0.480. The summed E-state index contributed by atoms with van der Waals surface area (Å²) in [6, 6.07) is 14.9. The summed E-state index contributed by atoms with van der Waals surface area (Å²) >= 11 is 0. The summed E-state index contributed by atoms with van der Waals surface area (Å²) in [5, 5.41) is 4.41. The van der Waals surface area contributed by atoms with Crippen LogP contribution in [0.1, 0.15) is 62.1 Å². The van der Waals surface area contributed by atoms with Gasteiger partial charge in [0.1, 0.15) is 11.7 Å². The molecule has 0 saturated heterocycles. The Labute approximate surface area is 172 Å². The van der Waals surface area contributed by atoms with E-state index in [-0.39, 0.29) is 11.7 Å². The van der Waals surface area contributed by atoms with Gasteiger partial charge in [0, 0.05) is 24.8 Å². The third-order valence-corrected chi connectivity index (χ3v) is 6.44. The normalized spacial score (nSPS) is 19.4. The van der Waals surface area contributed by atoms with Crippen molar-refractivity contribution in [2.45, 2.75) is 70.0 Å². The van der Waals surface area contributed by atoms with Crippen LogP contribution >= 0.6 is 0 Å². The summed E-state index contributed by atoms with van der Waals surface area (Å²) in [7, 11) is 0. The van der Waals surface area contributed by atoms with Gasteiger partial charge in [0.05, 0.1) is 12.3 Å². The molecule has 1 saturated carbocycles. The molecule has 4 heteroatoms. The molecule has 0 radical (unpaired) electrons. The maximum Gasteiger partial charge on any atom is 0.162 e. The lowest BCUT2D eigenvalue weighted by molar-refractivity contribution is -0.0755. The Hall–Kier alpha value is -2.49. The minimum atomic E-state index is -0.0280. The number of hydrogen-bond acceptors (Lipinski definition) is 4. The van der Waals surface area contributed by atoms with Crippen LogP contribution in [0, 0.1) is 0 Å². The summed E-state index contributed by atoms with van der Waals surface area (Å²) < 4.78 is 12.6. The summed E-state index contributed by atoms with van der Waals surface area (Å²) in [6.45, 7) is 2.89. The van der Waals surface area contributed by atoms with E-state index in [2.05, 4.69) is 48.5 Å². The SMILES string of the molecule is CCCCOc1ccc(C2=NOC3(CCC3)C2)cc1OC1Cc2ccccc2C1. The summed E-state index contributed by atoms with van der Waals surface area (Å²) in [5.74, 6) is 1.66. The summed E-state index contributed by atoms with van der Waals surface area (Å²) in [6.07, 6.45) is 8.56. The number of ether oxygens (including phenoxy) is 2. The number of fused-ring (bicyclic) bond motifs is 1. The zero-order valence-corrected chi connectivity index (χ0v) is 17.2. The Balaban J connectivity index is 1.36. The molecule has 5 rings (SSSR count). The molecule has 1 aliphatic heterocycles. The summed E-state index contributed by atoms with van der Waals surface area (Å²) in [4.78, 5) is 5.78. The van der Waals surface area contributed by atoms with Crippen molar-refractivity contribution in [1.82, 2.24) is 0 Å². The molecule has 2 aromatic carbocycles. The average Bonchev–Trinajstić information content (AvgIpc) is 3.33. The molecule has 0 unspecified atom stereocenters. The fourth-order valence-corrected chi connectivity index (χ4v) is 4.52. The van der Waals surface area contributed by atoms with Crippen LogP contribution in [-0.2, 0) is 17.7 Å². The van der Waals surface area contributed by atoms with Gasteiger partial charge < -0.3 is 14.3 Å². The van der Waals surface area contributed by atoms with Gasteiger partial charge in [0.2, 0.25) is 0 Å². The molecule has 29 heavy (non-hydrogen) atoms. The number of nitrogens with zero attached hydrogens (tertiary/aromatic N) is 1. The van der Waals surface area contributed by atoms with E-state index in [0.29, 0.717) is 6.61 Å². The molecule has 0 N–H and O–H groups in total. The molecule has 1 heterocycles. The van der Waals surface area contributed by atoms with Crippen LogP contribution in [0.25, 0.3) is 0 Å². The first-order chi connectivity index (χ1) is 14.2. The van der Waals surface area contributed by atoms with Crippen molar-refractivity contribution in [2.75, 3.05) is 6.61 Å². The molecule has 2 aliphatic carbocycles. The van der Waals surface area contributed by atoms with E-state index < -0.39 is 0 Å². The zero-order valence-electron chi connectivity index (χ0n) is 17.2. The smallest absolute Gasteiger partial charge is 0.162 e. The van der Waals surface area contributed by atoms with Gasteiger partial charge in [-0.1, -0.05) is 42.8 Å². The number of benzene rings is 2. The third kappa shape index (κ3) is 3.73. The molecule has 0 atom stereocenters. The Kier molecular flexibility index (Phi) is 4.94. The zero-order chi connectivity index (χ0) is 19.7. The molecule has 0 aromatic heterocycles. The van der Waals surface area contributed by atoms with Crippen molar-refractivity contribution in [2.24, 2.45) is 5.16 Å². The van der Waals surface area contributed by atoms with E-state index in [1.807, 2.05) is 6.07 Å². The molecule has 152 valence electrons. The van der Waals surface area contributed by atoms with Gasteiger partial charge in [-0.2, -0.15) is 0 Å². The molecule has 3 aliphatic rings. The minimum Gasteiger partial charge on any atom is -0.490 e. The molecule has 0 bridgehead atoms. The van der Waals surface area contributed by atoms with Crippen LogP contribution in [0.4, 0.5) is 0 Å². The number of oxime groups is 1. The number of hydrogen-bond donors (Lipinski definition) is 0. The predicted molar refractivity (Wildman–Crippen MR) is 114 cm³/mol. The van der Waals surface area contributed by atoms with Gasteiger partial charge in [0.15, 0.2) is 11.5 Å². The van der Waals surface area contributed by atoms with E-state index in [4.69, 9.17) is 14.3 Å². The van der Waals surface area contributed by atoms with E-state index in [1.54, 1.807) is 0 Å². The second-order valence-electron chi connectivity index (χ2n) is 8.62. The van der Waals surface area contributed by atoms with E-state index >= 15 is 0 Å². The molecule has 1 fully saturated rings. The molecular weight excluding hydrogens is 362 g/mol. The Morgan fingerprint density at radius 3 is 2.52 bits per heavy atom. The Bertz CT molecular complexity index is 891. The highest BCUT2D eigenvalue weighted by Gasteiger charge is 2.45.